The lowest BCUT2D eigenvalue weighted by Gasteiger charge is -2.29. The Morgan fingerprint density at radius 1 is 1.39 bits per heavy atom. The highest BCUT2D eigenvalue weighted by atomic mass is 16.6. The van der Waals surface area contributed by atoms with Gasteiger partial charge >= 0.3 is 0 Å². The van der Waals surface area contributed by atoms with E-state index in [9.17, 15) is 4.79 Å². The number of rotatable bonds is 5. The fourth-order valence-electron chi connectivity index (χ4n) is 3.29. The van der Waals surface area contributed by atoms with Gasteiger partial charge in [0.25, 0.3) is 0 Å². The molecule has 1 aromatic carbocycles. The second-order valence-electron chi connectivity index (χ2n) is 6.59. The maximum Gasteiger partial charge on any atom is 0.220 e. The Labute approximate surface area is 137 Å². The third-order valence-electron chi connectivity index (χ3n) is 4.74. The molecule has 23 heavy (non-hydrogen) atoms. The first-order valence-corrected chi connectivity index (χ1v) is 8.58. The van der Waals surface area contributed by atoms with E-state index in [1.165, 1.54) is 12.8 Å². The zero-order valence-electron chi connectivity index (χ0n) is 13.7. The van der Waals surface area contributed by atoms with Gasteiger partial charge in [-0.2, -0.15) is 0 Å². The predicted molar refractivity (Wildman–Crippen MR) is 88.7 cm³/mol. The molecule has 3 atom stereocenters. The number of carbonyl (C=O) groups is 1. The molecule has 0 radical (unpaired) electrons. The lowest BCUT2D eigenvalue weighted by molar-refractivity contribution is -0.122. The third kappa shape index (κ3) is 4.38. The van der Waals surface area contributed by atoms with Gasteiger partial charge in [-0.05, 0) is 49.9 Å². The van der Waals surface area contributed by atoms with Gasteiger partial charge in [0.1, 0.15) is 12.7 Å². The van der Waals surface area contributed by atoms with Crippen molar-refractivity contribution in [3.8, 4) is 11.5 Å². The van der Waals surface area contributed by atoms with E-state index in [4.69, 9.17) is 9.47 Å². The fourth-order valence-corrected chi connectivity index (χ4v) is 3.29. The number of benzene rings is 1. The van der Waals surface area contributed by atoms with Crippen LogP contribution in [0.25, 0.3) is 0 Å². The summed E-state index contributed by atoms with van der Waals surface area (Å²) >= 11 is 0. The van der Waals surface area contributed by atoms with E-state index in [-0.39, 0.29) is 12.0 Å². The topological polar surface area (TPSA) is 59.6 Å². The summed E-state index contributed by atoms with van der Waals surface area (Å²) < 4.78 is 11.5. The van der Waals surface area contributed by atoms with Crippen molar-refractivity contribution in [2.45, 2.75) is 32.3 Å². The summed E-state index contributed by atoms with van der Waals surface area (Å²) in [5.41, 5.74) is 0. The molecule has 2 aliphatic rings. The standard InChI is InChI=1S/C18H26N2O3/c1-13(14-5-4-8-19-10-14)9-18(21)20-11-15-12-22-16-6-2-3-7-17(16)23-15/h2-3,6-7,13-15,19H,4-5,8-12H2,1H3,(H,20,21). The summed E-state index contributed by atoms with van der Waals surface area (Å²) in [5, 5.41) is 6.40. The first-order chi connectivity index (χ1) is 11.2. The smallest absolute Gasteiger partial charge is 0.220 e. The molecule has 2 N–H and O–H groups in total. The molecule has 1 amide bonds. The van der Waals surface area contributed by atoms with Crippen LogP contribution in [0.4, 0.5) is 0 Å². The highest BCUT2D eigenvalue weighted by molar-refractivity contribution is 5.76. The van der Waals surface area contributed by atoms with Crippen LogP contribution in [0.2, 0.25) is 0 Å². The number of para-hydroxylation sites is 2. The van der Waals surface area contributed by atoms with Crippen LogP contribution in [0, 0.1) is 11.8 Å². The van der Waals surface area contributed by atoms with Crippen LogP contribution in [0.3, 0.4) is 0 Å². The number of amides is 1. The van der Waals surface area contributed by atoms with Crippen LogP contribution in [0.15, 0.2) is 24.3 Å². The lowest BCUT2D eigenvalue weighted by atomic mass is 9.85. The van der Waals surface area contributed by atoms with Gasteiger partial charge in [-0.15, -0.1) is 0 Å². The summed E-state index contributed by atoms with van der Waals surface area (Å²) in [5.74, 6) is 2.64. The zero-order valence-corrected chi connectivity index (χ0v) is 13.7. The first-order valence-electron chi connectivity index (χ1n) is 8.58. The van der Waals surface area contributed by atoms with E-state index < -0.39 is 0 Å². The van der Waals surface area contributed by atoms with Crippen molar-refractivity contribution in [2.24, 2.45) is 11.8 Å². The van der Waals surface area contributed by atoms with E-state index >= 15 is 0 Å². The highest BCUT2D eigenvalue weighted by Crippen LogP contribution is 2.30. The van der Waals surface area contributed by atoms with E-state index in [0.29, 0.717) is 31.4 Å². The SMILES string of the molecule is CC(CC(=O)NCC1COc2ccccc2O1)C1CCCNC1. The van der Waals surface area contributed by atoms with Crippen molar-refractivity contribution < 1.29 is 14.3 Å². The Morgan fingerprint density at radius 3 is 3.00 bits per heavy atom. The molecule has 2 aliphatic heterocycles. The average Bonchev–Trinajstić information content (AvgIpc) is 2.60. The van der Waals surface area contributed by atoms with Gasteiger partial charge in [0, 0.05) is 6.42 Å². The van der Waals surface area contributed by atoms with Crippen LogP contribution < -0.4 is 20.1 Å². The van der Waals surface area contributed by atoms with Gasteiger partial charge in [0.15, 0.2) is 11.5 Å². The number of hydrogen-bond donors (Lipinski definition) is 2. The highest BCUT2D eigenvalue weighted by Gasteiger charge is 2.24. The largest absolute Gasteiger partial charge is 0.486 e. The van der Waals surface area contributed by atoms with Gasteiger partial charge in [-0.1, -0.05) is 19.1 Å². The molecular weight excluding hydrogens is 292 g/mol. The maximum atomic E-state index is 12.2. The van der Waals surface area contributed by atoms with Gasteiger partial charge in [-0.3, -0.25) is 4.79 Å². The summed E-state index contributed by atoms with van der Waals surface area (Å²) in [6, 6.07) is 7.63. The molecular formula is C18H26N2O3. The average molecular weight is 318 g/mol. The van der Waals surface area contributed by atoms with E-state index in [1.807, 2.05) is 24.3 Å². The van der Waals surface area contributed by atoms with Crippen molar-refractivity contribution in [1.29, 1.82) is 0 Å². The second kappa shape index (κ2) is 7.68. The number of ether oxygens (including phenoxy) is 2. The summed E-state index contributed by atoms with van der Waals surface area (Å²) in [4.78, 5) is 12.2. The molecule has 126 valence electrons. The first kappa shape index (κ1) is 16.1. The van der Waals surface area contributed by atoms with E-state index in [2.05, 4.69) is 17.6 Å². The van der Waals surface area contributed by atoms with Gasteiger partial charge in [0.2, 0.25) is 5.91 Å². The number of nitrogens with one attached hydrogen (secondary N) is 2. The molecule has 1 aromatic rings. The van der Waals surface area contributed by atoms with Crippen LogP contribution in [-0.4, -0.2) is 38.3 Å². The maximum absolute atomic E-state index is 12.2. The summed E-state index contributed by atoms with van der Waals surface area (Å²) in [6.07, 6.45) is 2.89. The van der Waals surface area contributed by atoms with Crippen molar-refractivity contribution >= 4 is 5.91 Å². The quantitative estimate of drug-likeness (QED) is 0.871. The molecule has 0 aromatic heterocycles. The van der Waals surface area contributed by atoms with Crippen molar-refractivity contribution in [3.63, 3.8) is 0 Å². The Hall–Kier alpha value is -1.75. The monoisotopic (exact) mass is 318 g/mol. The van der Waals surface area contributed by atoms with E-state index in [0.717, 1.165) is 24.6 Å². The fraction of sp³-hybridized carbons (Fsp3) is 0.611. The molecule has 2 heterocycles. The second-order valence-corrected chi connectivity index (χ2v) is 6.59. The minimum absolute atomic E-state index is 0.102. The molecule has 5 heteroatoms. The molecule has 0 saturated carbocycles. The molecule has 3 rings (SSSR count). The van der Waals surface area contributed by atoms with Crippen LogP contribution in [0.1, 0.15) is 26.2 Å². The van der Waals surface area contributed by atoms with Crippen molar-refractivity contribution in [1.82, 2.24) is 10.6 Å². The summed E-state index contributed by atoms with van der Waals surface area (Å²) in [7, 11) is 0. The lowest BCUT2D eigenvalue weighted by Crippen LogP contribution is -2.42. The number of hydrogen-bond acceptors (Lipinski definition) is 4. The Balaban J connectivity index is 1.41. The van der Waals surface area contributed by atoms with Crippen LogP contribution in [-0.2, 0) is 4.79 Å². The van der Waals surface area contributed by atoms with Gasteiger partial charge in [0.05, 0.1) is 6.54 Å². The summed E-state index contributed by atoms with van der Waals surface area (Å²) in [6.45, 7) is 5.27. The Bertz CT molecular complexity index is 529. The molecule has 5 nitrogen and oxygen atoms in total. The number of fused-ring (bicyclic) bond motifs is 1. The predicted octanol–water partition coefficient (Wildman–Crippen LogP) is 1.97. The van der Waals surface area contributed by atoms with Crippen molar-refractivity contribution in [2.75, 3.05) is 26.2 Å². The third-order valence-corrected chi connectivity index (χ3v) is 4.74. The van der Waals surface area contributed by atoms with Crippen molar-refractivity contribution in [3.05, 3.63) is 24.3 Å². The van der Waals surface area contributed by atoms with Gasteiger partial charge in [-0.25, -0.2) is 0 Å². The normalized spacial score (nSPS) is 24.7. The minimum atomic E-state index is -0.125. The molecule has 3 unspecified atom stereocenters. The molecule has 0 spiro atoms. The Morgan fingerprint density at radius 2 is 2.22 bits per heavy atom. The number of piperidine rings is 1. The van der Waals surface area contributed by atoms with Gasteiger partial charge < -0.3 is 20.1 Å². The molecule has 0 bridgehead atoms. The molecule has 1 fully saturated rings. The molecule has 0 aliphatic carbocycles. The van der Waals surface area contributed by atoms with Crippen LogP contribution >= 0.6 is 0 Å². The number of carbonyl (C=O) groups excluding carboxylic acids is 1. The van der Waals surface area contributed by atoms with Crippen LogP contribution in [0.5, 0.6) is 11.5 Å². The molecule has 1 saturated heterocycles. The van der Waals surface area contributed by atoms with E-state index in [1.54, 1.807) is 0 Å². The zero-order chi connectivity index (χ0) is 16.1. The minimum Gasteiger partial charge on any atom is -0.486 e. The Kier molecular flexibility index (Phi) is 5.39.